The van der Waals surface area contributed by atoms with Gasteiger partial charge in [-0.2, -0.15) is 5.10 Å². The smallest absolute Gasteiger partial charge is 0.335 e. The minimum absolute atomic E-state index is 0.185. The van der Waals surface area contributed by atoms with E-state index in [1.54, 1.807) is 20.8 Å². The highest BCUT2D eigenvalue weighted by Gasteiger charge is 2.47. The van der Waals surface area contributed by atoms with Crippen molar-refractivity contribution in [1.82, 2.24) is 5.01 Å². The molecule has 1 heterocycles. The highest BCUT2D eigenvalue weighted by Crippen LogP contribution is 2.29. The summed E-state index contributed by atoms with van der Waals surface area (Å²) in [7, 11) is 1.22. The molecule has 3 atom stereocenters. The molecule has 0 aromatic carbocycles. The summed E-state index contributed by atoms with van der Waals surface area (Å²) in [4.78, 5) is 35.3. The van der Waals surface area contributed by atoms with E-state index >= 15 is 0 Å². The standard InChI is InChI=1S/C12H19N3O5/c1-5-20-11(17)8-6(2)14-15(12(13)18)7(3)9(8)10(16)19-4/h7-9H,5H2,1-4H3,(H2,13,18)/t7-,8-,9-/m0/s1. The fraction of sp³-hybridized carbons (Fsp3) is 0.667. The molecule has 0 spiro atoms. The van der Waals surface area contributed by atoms with Gasteiger partial charge in [0.1, 0.15) is 5.92 Å². The molecule has 0 saturated heterocycles. The number of methoxy groups -OCH3 is 1. The van der Waals surface area contributed by atoms with Crippen molar-refractivity contribution in [3.8, 4) is 0 Å². The first-order chi connectivity index (χ1) is 9.34. The summed E-state index contributed by atoms with van der Waals surface area (Å²) < 4.78 is 9.67. The highest BCUT2D eigenvalue weighted by atomic mass is 16.5. The van der Waals surface area contributed by atoms with Crippen molar-refractivity contribution in [1.29, 1.82) is 0 Å². The number of carbonyl (C=O) groups excluding carboxylic acids is 3. The Bertz CT molecular complexity index is 448. The van der Waals surface area contributed by atoms with Gasteiger partial charge in [-0.1, -0.05) is 0 Å². The SMILES string of the molecule is CCOC(=O)[C@H]1C(C)=NN(C(N)=O)[C@@H](C)[C@@H]1C(=O)OC. The predicted octanol–water partition coefficient (Wildman–Crippen LogP) is 0.114. The lowest BCUT2D eigenvalue weighted by atomic mass is 9.82. The van der Waals surface area contributed by atoms with Crippen LogP contribution in [0, 0.1) is 11.8 Å². The van der Waals surface area contributed by atoms with Gasteiger partial charge in [-0.25, -0.2) is 9.80 Å². The number of hydrogen-bond acceptors (Lipinski definition) is 6. The first-order valence-corrected chi connectivity index (χ1v) is 6.23. The summed E-state index contributed by atoms with van der Waals surface area (Å²) >= 11 is 0. The van der Waals surface area contributed by atoms with Gasteiger partial charge in [-0.15, -0.1) is 0 Å². The molecule has 2 amide bonds. The monoisotopic (exact) mass is 285 g/mol. The van der Waals surface area contributed by atoms with Gasteiger partial charge in [0.15, 0.2) is 0 Å². The summed E-state index contributed by atoms with van der Waals surface area (Å²) in [6.07, 6.45) is 0. The van der Waals surface area contributed by atoms with Crippen molar-refractivity contribution in [3.05, 3.63) is 0 Å². The molecule has 0 aliphatic carbocycles. The molecule has 0 saturated carbocycles. The van der Waals surface area contributed by atoms with E-state index in [0.29, 0.717) is 0 Å². The van der Waals surface area contributed by atoms with E-state index in [2.05, 4.69) is 5.10 Å². The Labute approximate surface area is 116 Å². The Kier molecular flexibility index (Phi) is 5.06. The fourth-order valence-corrected chi connectivity index (χ4v) is 2.28. The molecular weight excluding hydrogens is 266 g/mol. The zero-order chi connectivity index (χ0) is 15.4. The molecule has 112 valence electrons. The van der Waals surface area contributed by atoms with Gasteiger partial charge < -0.3 is 15.2 Å². The van der Waals surface area contributed by atoms with Crippen LogP contribution in [0.2, 0.25) is 0 Å². The zero-order valence-electron chi connectivity index (χ0n) is 12.0. The van der Waals surface area contributed by atoms with E-state index in [1.165, 1.54) is 7.11 Å². The van der Waals surface area contributed by atoms with Crippen LogP contribution in [0.3, 0.4) is 0 Å². The van der Waals surface area contributed by atoms with Gasteiger partial charge in [0.25, 0.3) is 0 Å². The predicted molar refractivity (Wildman–Crippen MR) is 69.6 cm³/mol. The van der Waals surface area contributed by atoms with E-state index < -0.39 is 35.8 Å². The molecule has 0 unspecified atom stereocenters. The van der Waals surface area contributed by atoms with Crippen LogP contribution >= 0.6 is 0 Å². The lowest BCUT2D eigenvalue weighted by molar-refractivity contribution is -0.159. The second kappa shape index (κ2) is 6.36. The van der Waals surface area contributed by atoms with Crippen LogP contribution in [-0.2, 0) is 19.1 Å². The van der Waals surface area contributed by atoms with Crippen molar-refractivity contribution in [2.24, 2.45) is 22.7 Å². The average molecular weight is 285 g/mol. The molecular formula is C12H19N3O5. The Hall–Kier alpha value is -2.12. The number of nitrogens with zero attached hydrogens (tertiary/aromatic N) is 2. The fourth-order valence-electron chi connectivity index (χ4n) is 2.28. The highest BCUT2D eigenvalue weighted by molar-refractivity contribution is 6.05. The van der Waals surface area contributed by atoms with Gasteiger partial charge in [-0.05, 0) is 20.8 Å². The van der Waals surface area contributed by atoms with Gasteiger partial charge in [-0.3, -0.25) is 9.59 Å². The van der Waals surface area contributed by atoms with Crippen LogP contribution < -0.4 is 5.73 Å². The van der Waals surface area contributed by atoms with Gasteiger partial charge in [0, 0.05) is 0 Å². The second-order valence-corrected chi connectivity index (χ2v) is 4.44. The maximum absolute atomic E-state index is 12.0. The summed E-state index contributed by atoms with van der Waals surface area (Å²) in [6, 6.07) is -1.49. The number of amides is 2. The van der Waals surface area contributed by atoms with Crippen LogP contribution in [0.4, 0.5) is 4.79 Å². The molecule has 1 rings (SSSR count). The zero-order valence-corrected chi connectivity index (χ0v) is 12.0. The summed E-state index contributed by atoms with van der Waals surface area (Å²) in [5.41, 5.74) is 5.50. The van der Waals surface area contributed by atoms with Gasteiger partial charge >= 0.3 is 18.0 Å². The van der Waals surface area contributed by atoms with E-state index in [9.17, 15) is 14.4 Å². The topological polar surface area (TPSA) is 111 Å². The Morgan fingerprint density at radius 2 is 1.95 bits per heavy atom. The van der Waals surface area contributed by atoms with Crippen LogP contribution in [0.5, 0.6) is 0 Å². The molecule has 1 aliphatic heterocycles. The molecule has 0 aromatic rings. The first-order valence-electron chi connectivity index (χ1n) is 6.23. The van der Waals surface area contributed by atoms with Crippen LogP contribution in [0.25, 0.3) is 0 Å². The quantitative estimate of drug-likeness (QED) is 0.740. The maximum Gasteiger partial charge on any atom is 0.335 e. The molecule has 0 aromatic heterocycles. The van der Waals surface area contributed by atoms with E-state index in [1.807, 2.05) is 0 Å². The third kappa shape index (κ3) is 2.89. The lowest BCUT2D eigenvalue weighted by Gasteiger charge is -2.37. The van der Waals surface area contributed by atoms with Crippen LogP contribution in [-0.4, -0.2) is 48.4 Å². The van der Waals surface area contributed by atoms with Crippen LogP contribution in [0.15, 0.2) is 5.10 Å². The average Bonchev–Trinajstić information content (AvgIpc) is 2.39. The number of carbonyl (C=O) groups is 3. The number of primary amides is 1. The van der Waals surface area contributed by atoms with Crippen LogP contribution in [0.1, 0.15) is 20.8 Å². The number of nitrogens with two attached hydrogens (primary N) is 1. The molecule has 2 N–H and O–H groups in total. The number of urea groups is 1. The van der Waals surface area contributed by atoms with E-state index in [-0.39, 0.29) is 12.3 Å². The maximum atomic E-state index is 12.0. The Morgan fingerprint density at radius 3 is 2.40 bits per heavy atom. The largest absolute Gasteiger partial charge is 0.469 e. The van der Waals surface area contributed by atoms with Gasteiger partial charge in [0.2, 0.25) is 0 Å². The second-order valence-electron chi connectivity index (χ2n) is 4.44. The van der Waals surface area contributed by atoms with Crippen molar-refractivity contribution in [2.45, 2.75) is 26.8 Å². The lowest BCUT2D eigenvalue weighted by Crippen LogP contribution is -2.54. The molecule has 20 heavy (non-hydrogen) atoms. The van der Waals surface area contributed by atoms with Crippen molar-refractivity contribution < 1.29 is 23.9 Å². The van der Waals surface area contributed by atoms with Crippen molar-refractivity contribution >= 4 is 23.7 Å². The molecule has 8 heteroatoms. The normalized spacial score (nSPS) is 25.7. The third-order valence-electron chi connectivity index (χ3n) is 3.22. The minimum Gasteiger partial charge on any atom is -0.469 e. The van der Waals surface area contributed by atoms with Crippen molar-refractivity contribution in [2.75, 3.05) is 13.7 Å². The first kappa shape index (κ1) is 15.9. The van der Waals surface area contributed by atoms with E-state index in [4.69, 9.17) is 15.2 Å². The molecule has 0 bridgehead atoms. The molecule has 0 radical (unpaired) electrons. The number of ether oxygens (including phenoxy) is 2. The third-order valence-corrected chi connectivity index (χ3v) is 3.22. The summed E-state index contributed by atoms with van der Waals surface area (Å²) in [5.74, 6) is -2.96. The summed E-state index contributed by atoms with van der Waals surface area (Å²) in [5, 5.41) is 4.96. The van der Waals surface area contributed by atoms with E-state index in [0.717, 1.165) is 5.01 Å². The molecule has 1 aliphatic rings. The molecule has 8 nitrogen and oxygen atoms in total. The van der Waals surface area contributed by atoms with Crippen molar-refractivity contribution in [3.63, 3.8) is 0 Å². The Balaban J connectivity index is 3.23. The Morgan fingerprint density at radius 1 is 1.35 bits per heavy atom. The minimum atomic E-state index is -0.899. The number of rotatable bonds is 3. The number of hydrazone groups is 1. The van der Waals surface area contributed by atoms with Gasteiger partial charge in [0.05, 0.1) is 31.4 Å². The summed E-state index contributed by atoms with van der Waals surface area (Å²) in [6.45, 7) is 4.97. The number of hydrogen-bond donors (Lipinski definition) is 1. The number of esters is 2. The molecule has 0 fully saturated rings.